The van der Waals surface area contributed by atoms with Gasteiger partial charge in [0, 0.05) is 0 Å². The van der Waals surface area contributed by atoms with E-state index in [0.29, 0.717) is 10.8 Å². The Hall–Kier alpha value is -1.92. The lowest BCUT2D eigenvalue weighted by molar-refractivity contribution is -0.174. The van der Waals surface area contributed by atoms with Gasteiger partial charge in [-0.2, -0.15) is 8.78 Å². The summed E-state index contributed by atoms with van der Waals surface area (Å²) in [7, 11) is 0. The number of rotatable bonds is 4. The van der Waals surface area contributed by atoms with Crippen molar-refractivity contribution in [3.63, 3.8) is 0 Å². The third kappa shape index (κ3) is 3.45. The monoisotopic (exact) mass is 331 g/mol. The molecule has 0 saturated heterocycles. The predicted molar refractivity (Wildman–Crippen MR) is 81.4 cm³/mol. The van der Waals surface area contributed by atoms with E-state index < -0.39 is 17.9 Å². The van der Waals surface area contributed by atoms with E-state index in [1.165, 1.54) is 31.2 Å². The summed E-state index contributed by atoms with van der Waals surface area (Å²) in [6, 6.07) is 7.17. The molecule has 0 heterocycles. The van der Waals surface area contributed by atoms with Crippen LogP contribution in [0.3, 0.4) is 0 Å². The van der Waals surface area contributed by atoms with Crippen LogP contribution in [0.2, 0.25) is 0 Å². The van der Waals surface area contributed by atoms with E-state index in [1.54, 1.807) is 12.1 Å². The first-order valence-electron chi connectivity index (χ1n) is 6.39. The fraction of sp³-hybridized carbons (Fsp3) is 0.267. The molecule has 0 unspecified atom stereocenters. The molecule has 0 aliphatic rings. The van der Waals surface area contributed by atoms with Gasteiger partial charge in [-0.15, -0.1) is 12.4 Å². The normalized spacial score (nSPS) is 12.5. The third-order valence-electron chi connectivity index (χ3n) is 3.15. The third-order valence-corrected chi connectivity index (χ3v) is 3.15. The largest absolute Gasteiger partial charge is 0.508 e. The van der Waals surface area contributed by atoms with Crippen molar-refractivity contribution in [1.82, 2.24) is 0 Å². The van der Waals surface area contributed by atoms with E-state index in [2.05, 4.69) is 4.74 Å². The van der Waals surface area contributed by atoms with Gasteiger partial charge in [0.1, 0.15) is 11.8 Å². The molecule has 2 aromatic rings. The summed E-state index contributed by atoms with van der Waals surface area (Å²) in [5, 5.41) is 10.7. The number of hydrogen-bond acceptors (Lipinski definition) is 4. The summed E-state index contributed by atoms with van der Waals surface area (Å²) in [6.07, 6.45) is 0. The Kier molecular flexibility index (Phi) is 5.68. The average Bonchev–Trinajstić information content (AvgIpc) is 2.46. The number of ether oxygens (including phenoxy) is 1. The Morgan fingerprint density at radius 1 is 1.27 bits per heavy atom. The molecule has 7 heteroatoms. The quantitative estimate of drug-likeness (QED) is 0.844. The van der Waals surface area contributed by atoms with Crippen LogP contribution in [0.25, 0.3) is 10.8 Å². The van der Waals surface area contributed by atoms with Crippen molar-refractivity contribution < 1.29 is 23.4 Å². The van der Waals surface area contributed by atoms with Crippen LogP contribution in [-0.4, -0.2) is 23.6 Å². The molecule has 0 aliphatic heterocycles. The van der Waals surface area contributed by atoms with Crippen molar-refractivity contribution in [2.75, 3.05) is 6.61 Å². The highest BCUT2D eigenvalue weighted by atomic mass is 35.5. The zero-order valence-electron chi connectivity index (χ0n) is 11.8. The number of fused-ring (bicyclic) bond motifs is 1. The van der Waals surface area contributed by atoms with Gasteiger partial charge in [-0.1, -0.05) is 18.2 Å². The molecule has 0 bridgehead atoms. The number of alkyl halides is 2. The van der Waals surface area contributed by atoms with Gasteiger partial charge >= 0.3 is 11.9 Å². The second-order valence-electron chi connectivity index (χ2n) is 4.61. The summed E-state index contributed by atoms with van der Waals surface area (Å²) in [4.78, 5) is 11.3. The SMILES string of the molecule is CCOC(=O)C(F)(F)[C@H](N)c1ccc2cc(O)ccc2c1.Cl. The van der Waals surface area contributed by atoms with Crippen LogP contribution >= 0.6 is 12.4 Å². The van der Waals surface area contributed by atoms with Gasteiger partial charge < -0.3 is 15.6 Å². The fourth-order valence-corrected chi connectivity index (χ4v) is 2.01. The van der Waals surface area contributed by atoms with Gasteiger partial charge in [0.2, 0.25) is 0 Å². The van der Waals surface area contributed by atoms with Crippen molar-refractivity contribution in [3.05, 3.63) is 42.0 Å². The Labute approximate surface area is 132 Å². The van der Waals surface area contributed by atoms with Gasteiger partial charge in [-0.3, -0.25) is 0 Å². The zero-order valence-corrected chi connectivity index (χ0v) is 12.6. The molecule has 120 valence electrons. The van der Waals surface area contributed by atoms with Crippen molar-refractivity contribution in [2.24, 2.45) is 5.73 Å². The van der Waals surface area contributed by atoms with Crippen molar-refractivity contribution in [3.8, 4) is 5.75 Å². The minimum atomic E-state index is -3.80. The smallest absolute Gasteiger partial charge is 0.379 e. The molecule has 0 fully saturated rings. The van der Waals surface area contributed by atoms with E-state index in [1.807, 2.05) is 0 Å². The molecule has 22 heavy (non-hydrogen) atoms. The number of carbonyl (C=O) groups excluding carboxylic acids is 1. The minimum absolute atomic E-state index is 0. The zero-order chi connectivity index (χ0) is 15.6. The maximum atomic E-state index is 13.9. The lowest BCUT2D eigenvalue weighted by atomic mass is 9.98. The first-order valence-corrected chi connectivity index (χ1v) is 6.39. The molecule has 1 atom stereocenters. The Morgan fingerprint density at radius 3 is 2.50 bits per heavy atom. The summed E-state index contributed by atoms with van der Waals surface area (Å²) >= 11 is 0. The van der Waals surface area contributed by atoms with E-state index in [4.69, 9.17) is 5.73 Å². The lowest BCUT2D eigenvalue weighted by Crippen LogP contribution is -2.41. The number of halogens is 3. The highest BCUT2D eigenvalue weighted by molar-refractivity contribution is 5.86. The summed E-state index contributed by atoms with van der Waals surface area (Å²) in [6.45, 7) is 1.31. The van der Waals surface area contributed by atoms with Crippen LogP contribution in [0.4, 0.5) is 8.78 Å². The first-order chi connectivity index (χ1) is 9.86. The fourth-order valence-electron chi connectivity index (χ4n) is 2.01. The number of esters is 1. The highest BCUT2D eigenvalue weighted by Crippen LogP contribution is 2.32. The van der Waals surface area contributed by atoms with Crippen LogP contribution in [0, 0.1) is 0 Å². The van der Waals surface area contributed by atoms with E-state index in [9.17, 15) is 18.7 Å². The number of nitrogens with two attached hydrogens (primary N) is 1. The molecule has 0 amide bonds. The molecule has 0 radical (unpaired) electrons. The van der Waals surface area contributed by atoms with Gasteiger partial charge in [0.05, 0.1) is 6.61 Å². The first kappa shape index (κ1) is 18.1. The van der Waals surface area contributed by atoms with Crippen LogP contribution < -0.4 is 5.73 Å². The number of carbonyl (C=O) groups is 1. The molecular weight excluding hydrogens is 316 g/mol. The second-order valence-corrected chi connectivity index (χ2v) is 4.61. The Bertz CT molecular complexity index is 679. The molecule has 3 N–H and O–H groups in total. The molecule has 2 rings (SSSR count). The molecule has 0 spiro atoms. The second kappa shape index (κ2) is 6.89. The molecule has 0 saturated carbocycles. The molecule has 0 aromatic heterocycles. The average molecular weight is 332 g/mol. The molecule has 0 aliphatic carbocycles. The van der Waals surface area contributed by atoms with E-state index in [-0.39, 0.29) is 30.3 Å². The molecule has 2 aromatic carbocycles. The van der Waals surface area contributed by atoms with Crippen LogP contribution in [-0.2, 0) is 9.53 Å². The van der Waals surface area contributed by atoms with Crippen molar-refractivity contribution in [2.45, 2.75) is 18.9 Å². The lowest BCUT2D eigenvalue weighted by Gasteiger charge is -2.22. The van der Waals surface area contributed by atoms with Gasteiger partial charge in [-0.25, -0.2) is 4.79 Å². The highest BCUT2D eigenvalue weighted by Gasteiger charge is 2.47. The van der Waals surface area contributed by atoms with Crippen molar-refractivity contribution in [1.29, 1.82) is 0 Å². The molecule has 4 nitrogen and oxygen atoms in total. The Balaban J connectivity index is 0.00000242. The van der Waals surface area contributed by atoms with E-state index in [0.717, 1.165) is 0 Å². The van der Waals surface area contributed by atoms with Crippen LogP contribution in [0.5, 0.6) is 5.75 Å². The van der Waals surface area contributed by atoms with Gasteiger partial charge in [0.25, 0.3) is 0 Å². The summed E-state index contributed by atoms with van der Waals surface area (Å²) in [5.74, 6) is -5.36. The number of benzene rings is 2. The maximum absolute atomic E-state index is 13.9. The van der Waals surface area contributed by atoms with E-state index >= 15 is 0 Å². The standard InChI is InChI=1S/C15H15F2NO3.ClH/c1-2-21-14(20)15(16,17)13(18)11-4-3-10-8-12(19)6-5-9(10)7-11;/h3-8,13,19H,2,18H2,1H3;1H/t13-;/m1./s1. The number of hydrogen-bond donors (Lipinski definition) is 2. The number of aromatic hydroxyl groups is 1. The topological polar surface area (TPSA) is 72.5 Å². The number of phenolic OH excluding ortho intramolecular Hbond substituents is 1. The van der Waals surface area contributed by atoms with Crippen LogP contribution in [0.1, 0.15) is 18.5 Å². The predicted octanol–water partition coefficient (Wildman–Crippen LogP) is 3.17. The summed E-state index contributed by atoms with van der Waals surface area (Å²) < 4.78 is 32.2. The minimum Gasteiger partial charge on any atom is -0.508 e. The van der Waals surface area contributed by atoms with Gasteiger partial charge in [0.15, 0.2) is 0 Å². The maximum Gasteiger partial charge on any atom is 0.379 e. The van der Waals surface area contributed by atoms with Gasteiger partial charge in [-0.05, 0) is 41.5 Å². The summed E-state index contributed by atoms with van der Waals surface area (Å²) in [5.41, 5.74) is 5.64. The van der Waals surface area contributed by atoms with Crippen LogP contribution in [0.15, 0.2) is 36.4 Å². The van der Waals surface area contributed by atoms with Crippen molar-refractivity contribution >= 4 is 29.1 Å². The number of phenols is 1. The Morgan fingerprint density at radius 2 is 1.86 bits per heavy atom. The molecular formula is C15H16ClF2NO3.